The summed E-state index contributed by atoms with van der Waals surface area (Å²) in [6.45, 7) is 0.265. The molecule has 0 heterocycles. The molecule has 3 aromatic rings. The molecule has 0 fully saturated rings. The van der Waals surface area contributed by atoms with Crippen molar-refractivity contribution in [3.63, 3.8) is 0 Å². The summed E-state index contributed by atoms with van der Waals surface area (Å²) in [7, 11) is 3.20. The van der Waals surface area contributed by atoms with Gasteiger partial charge in [-0.15, -0.1) is 0 Å². The van der Waals surface area contributed by atoms with Crippen LogP contribution in [0.25, 0.3) is 0 Å². The van der Waals surface area contributed by atoms with Crippen molar-refractivity contribution in [2.75, 3.05) is 19.5 Å². The van der Waals surface area contributed by atoms with Gasteiger partial charge in [0.15, 0.2) is 0 Å². The van der Waals surface area contributed by atoms with Gasteiger partial charge in [0.1, 0.15) is 23.9 Å². The molecule has 0 bridgehead atoms. The quantitative estimate of drug-likeness (QED) is 0.467. The highest BCUT2D eigenvalue weighted by Crippen LogP contribution is 2.25. The summed E-state index contributed by atoms with van der Waals surface area (Å²) >= 11 is 2.22. The average Bonchev–Trinajstić information content (AvgIpc) is 2.73. The molecular weight excluding hydrogens is 469 g/mol. The summed E-state index contributed by atoms with van der Waals surface area (Å²) in [5, 5.41) is 2.90. The van der Waals surface area contributed by atoms with Crippen LogP contribution in [0.4, 0.5) is 5.69 Å². The van der Waals surface area contributed by atoms with Crippen molar-refractivity contribution in [1.29, 1.82) is 0 Å². The van der Waals surface area contributed by atoms with Gasteiger partial charge < -0.3 is 19.5 Å². The van der Waals surface area contributed by atoms with Gasteiger partial charge in [-0.3, -0.25) is 4.79 Å². The molecule has 3 aromatic carbocycles. The number of carbonyl (C=O) groups excluding carboxylic acids is 1. The third-order valence-electron chi connectivity index (χ3n) is 4.08. The largest absolute Gasteiger partial charge is 0.497 e. The monoisotopic (exact) mass is 489 g/mol. The second-order valence-corrected chi connectivity index (χ2v) is 7.20. The Morgan fingerprint density at radius 1 is 0.929 bits per heavy atom. The van der Waals surface area contributed by atoms with Gasteiger partial charge in [-0.1, -0.05) is 6.07 Å². The highest BCUT2D eigenvalue weighted by molar-refractivity contribution is 14.1. The predicted octanol–water partition coefficient (Wildman–Crippen LogP) is 5.14. The zero-order valence-electron chi connectivity index (χ0n) is 15.6. The van der Waals surface area contributed by atoms with Crippen molar-refractivity contribution >= 4 is 34.2 Å². The maximum Gasteiger partial charge on any atom is 0.255 e. The highest BCUT2D eigenvalue weighted by Gasteiger charge is 2.12. The lowest BCUT2D eigenvalue weighted by atomic mass is 10.1. The van der Waals surface area contributed by atoms with Gasteiger partial charge in [-0.2, -0.15) is 0 Å². The molecule has 0 atom stereocenters. The van der Waals surface area contributed by atoms with E-state index in [9.17, 15) is 4.79 Å². The van der Waals surface area contributed by atoms with E-state index in [4.69, 9.17) is 14.2 Å². The number of amides is 1. The Kier molecular flexibility index (Phi) is 6.76. The van der Waals surface area contributed by atoms with E-state index in [-0.39, 0.29) is 12.5 Å². The molecule has 6 heteroatoms. The van der Waals surface area contributed by atoms with Crippen molar-refractivity contribution in [1.82, 2.24) is 0 Å². The van der Waals surface area contributed by atoms with E-state index in [1.165, 1.54) is 0 Å². The Hall–Kier alpha value is -2.74. The zero-order valence-corrected chi connectivity index (χ0v) is 17.7. The van der Waals surface area contributed by atoms with Crippen LogP contribution in [0.3, 0.4) is 0 Å². The summed E-state index contributed by atoms with van der Waals surface area (Å²) in [4.78, 5) is 12.6. The Bertz CT molecular complexity index is 957. The van der Waals surface area contributed by atoms with Crippen LogP contribution in [-0.4, -0.2) is 20.1 Å². The van der Waals surface area contributed by atoms with Gasteiger partial charge in [0, 0.05) is 26.5 Å². The minimum atomic E-state index is -0.188. The molecule has 5 nitrogen and oxygen atoms in total. The normalized spacial score (nSPS) is 10.2. The fourth-order valence-corrected chi connectivity index (χ4v) is 2.98. The molecule has 144 valence electrons. The van der Waals surface area contributed by atoms with Crippen molar-refractivity contribution < 1.29 is 19.0 Å². The summed E-state index contributed by atoms with van der Waals surface area (Å²) < 4.78 is 17.6. The summed E-state index contributed by atoms with van der Waals surface area (Å²) in [6, 6.07) is 20.3. The first kappa shape index (κ1) is 20.0. The minimum absolute atomic E-state index is 0.188. The van der Waals surface area contributed by atoms with Gasteiger partial charge >= 0.3 is 0 Å². The summed E-state index contributed by atoms with van der Waals surface area (Å²) in [5.41, 5.74) is 2.06. The molecule has 0 aliphatic heterocycles. The number of benzene rings is 3. The molecular formula is C22H20INO4. The number of hydrogen-bond acceptors (Lipinski definition) is 4. The van der Waals surface area contributed by atoms with Gasteiger partial charge in [0.2, 0.25) is 0 Å². The van der Waals surface area contributed by atoms with Crippen LogP contribution in [0, 0.1) is 3.57 Å². The molecule has 0 saturated carbocycles. The van der Waals surface area contributed by atoms with Crippen molar-refractivity contribution in [2.24, 2.45) is 0 Å². The smallest absolute Gasteiger partial charge is 0.255 e. The number of ether oxygens (including phenoxy) is 3. The van der Waals surface area contributed by atoms with E-state index in [1.54, 1.807) is 38.5 Å². The topological polar surface area (TPSA) is 56.8 Å². The number of halogens is 1. The van der Waals surface area contributed by atoms with E-state index in [0.717, 1.165) is 20.6 Å². The Morgan fingerprint density at radius 3 is 2.39 bits per heavy atom. The second-order valence-electron chi connectivity index (χ2n) is 5.96. The standard InChI is InChI=1S/C22H20INO4/c1-26-19-4-3-5-20(13-19)28-14-16-12-15(6-11-21(16)27-2)22(25)24-18-9-7-17(23)8-10-18/h3-13H,14H2,1-2H3,(H,24,25). The van der Waals surface area contributed by atoms with Crippen molar-refractivity contribution in [2.45, 2.75) is 6.61 Å². The lowest BCUT2D eigenvalue weighted by Gasteiger charge is -2.13. The van der Waals surface area contributed by atoms with Gasteiger partial charge in [-0.25, -0.2) is 0 Å². The molecule has 0 unspecified atom stereocenters. The number of methoxy groups -OCH3 is 2. The van der Waals surface area contributed by atoms with E-state index < -0.39 is 0 Å². The highest BCUT2D eigenvalue weighted by atomic mass is 127. The molecule has 28 heavy (non-hydrogen) atoms. The fourth-order valence-electron chi connectivity index (χ4n) is 2.62. The number of anilines is 1. The van der Waals surface area contributed by atoms with Crippen LogP contribution in [0.5, 0.6) is 17.2 Å². The molecule has 0 saturated heterocycles. The lowest BCUT2D eigenvalue weighted by Crippen LogP contribution is -2.12. The van der Waals surface area contributed by atoms with Crippen LogP contribution in [0.15, 0.2) is 66.7 Å². The zero-order chi connectivity index (χ0) is 19.9. The third kappa shape index (κ3) is 5.16. The fraction of sp³-hybridized carbons (Fsp3) is 0.136. The Labute approximate surface area is 177 Å². The number of nitrogens with one attached hydrogen (secondary N) is 1. The van der Waals surface area contributed by atoms with Gasteiger partial charge in [0.05, 0.1) is 14.2 Å². The third-order valence-corrected chi connectivity index (χ3v) is 4.80. The van der Waals surface area contributed by atoms with Crippen molar-refractivity contribution in [3.8, 4) is 17.2 Å². The number of carbonyl (C=O) groups is 1. The molecule has 0 radical (unpaired) electrons. The summed E-state index contributed by atoms with van der Waals surface area (Å²) in [6.07, 6.45) is 0. The maximum atomic E-state index is 12.6. The molecule has 0 aromatic heterocycles. The lowest BCUT2D eigenvalue weighted by molar-refractivity contribution is 0.102. The van der Waals surface area contributed by atoms with E-state index in [0.29, 0.717) is 17.1 Å². The van der Waals surface area contributed by atoms with Crippen LogP contribution in [0.2, 0.25) is 0 Å². The molecule has 0 aliphatic rings. The second kappa shape index (κ2) is 9.45. The van der Waals surface area contributed by atoms with Gasteiger partial charge in [0.25, 0.3) is 5.91 Å². The first-order valence-electron chi connectivity index (χ1n) is 8.59. The molecule has 0 spiro atoms. The first-order chi connectivity index (χ1) is 13.6. The number of rotatable bonds is 7. The van der Waals surface area contributed by atoms with Crippen molar-refractivity contribution in [3.05, 3.63) is 81.4 Å². The predicted molar refractivity (Wildman–Crippen MR) is 117 cm³/mol. The molecule has 0 aliphatic carbocycles. The van der Waals surface area contributed by atoms with Crippen LogP contribution in [-0.2, 0) is 6.61 Å². The van der Waals surface area contributed by atoms with E-state index in [2.05, 4.69) is 27.9 Å². The van der Waals surface area contributed by atoms with E-state index >= 15 is 0 Å². The average molecular weight is 489 g/mol. The Morgan fingerprint density at radius 2 is 1.68 bits per heavy atom. The minimum Gasteiger partial charge on any atom is -0.497 e. The number of hydrogen-bond donors (Lipinski definition) is 1. The van der Waals surface area contributed by atoms with Crippen LogP contribution < -0.4 is 19.5 Å². The van der Waals surface area contributed by atoms with Crippen LogP contribution >= 0.6 is 22.6 Å². The van der Waals surface area contributed by atoms with Crippen LogP contribution in [0.1, 0.15) is 15.9 Å². The van der Waals surface area contributed by atoms with E-state index in [1.807, 2.05) is 42.5 Å². The molecule has 1 N–H and O–H groups in total. The van der Waals surface area contributed by atoms with Gasteiger partial charge in [-0.05, 0) is 77.2 Å². The summed E-state index contributed by atoms with van der Waals surface area (Å²) in [5.74, 6) is 1.87. The molecule has 1 amide bonds. The Balaban J connectivity index is 1.75. The SMILES string of the molecule is COc1cccc(OCc2cc(C(=O)Nc3ccc(I)cc3)ccc2OC)c1. The molecule has 3 rings (SSSR count). The maximum absolute atomic E-state index is 12.6. The first-order valence-corrected chi connectivity index (χ1v) is 9.67.